The van der Waals surface area contributed by atoms with Crippen LogP contribution in [-0.2, 0) is 0 Å². The monoisotopic (exact) mass is 279 g/mol. The summed E-state index contributed by atoms with van der Waals surface area (Å²) in [6.07, 6.45) is 4.93. The van der Waals surface area contributed by atoms with Gasteiger partial charge in [0.1, 0.15) is 0 Å². The number of nitrogens with one attached hydrogen (secondary N) is 1. The second-order valence-electron chi connectivity index (χ2n) is 4.32. The average Bonchev–Trinajstić information content (AvgIpc) is 3.01. The van der Waals surface area contributed by atoms with Gasteiger partial charge in [0.2, 0.25) is 0 Å². The van der Waals surface area contributed by atoms with Gasteiger partial charge in [0.05, 0.1) is 11.4 Å². The summed E-state index contributed by atoms with van der Waals surface area (Å²) in [5.41, 5.74) is 2.10. The summed E-state index contributed by atoms with van der Waals surface area (Å²) in [7, 11) is 0. The van der Waals surface area contributed by atoms with Gasteiger partial charge in [0.25, 0.3) is 0 Å². The molecule has 0 bridgehead atoms. The van der Waals surface area contributed by atoms with Gasteiger partial charge in [-0.25, -0.2) is 4.68 Å². The van der Waals surface area contributed by atoms with Crippen molar-refractivity contribution >= 4 is 29.1 Å². The van der Waals surface area contributed by atoms with Gasteiger partial charge in [-0.15, -0.1) is 0 Å². The lowest BCUT2D eigenvalue weighted by molar-refractivity contribution is 0.805. The molecule has 1 atom stereocenters. The summed E-state index contributed by atoms with van der Waals surface area (Å²) in [5, 5.41) is 8.60. The van der Waals surface area contributed by atoms with Crippen LogP contribution in [0.5, 0.6) is 0 Å². The van der Waals surface area contributed by atoms with Crippen LogP contribution in [0.1, 0.15) is 6.42 Å². The van der Waals surface area contributed by atoms with Crippen LogP contribution < -0.4 is 5.32 Å². The Morgan fingerprint density at radius 1 is 1.44 bits per heavy atom. The number of halogens is 1. The van der Waals surface area contributed by atoms with Crippen molar-refractivity contribution < 1.29 is 0 Å². The SMILES string of the molecule is Clc1ccc(-n2cccn2)c(NC2CCSC2)c1. The Labute approximate surface area is 116 Å². The topological polar surface area (TPSA) is 29.9 Å². The van der Waals surface area contributed by atoms with Crippen LogP contribution in [0.3, 0.4) is 0 Å². The molecular formula is C13H14ClN3S. The maximum absolute atomic E-state index is 6.09. The highest BCUT2D eigenvalue weighted by Crippen LogP contribution is 2.28. The number of thioether (sulfide) groups is 1. The van der Waals surface area contributed by atoms with Gasteiger partial charge in [0.15, 0.2) is 0 Å². The largest absolute Gasteiger partial charge is 0.380 e. The molecule has 0 amide bonds. The Hall–Kier alpha value is -1.13. The van der Waals surface area contributed by atoms with Gasteiger partial charge in [-0.2, -0.15) is 16.9 Å². The highest BCUT2D eigenvalue weighted by atomic mass is 35.5. The van der Waals surface area contributed by atoms with Gasteiger partial charge in [-0.3, -0.25) is 0 Å². The smallest absolute Gasteiger partial charge is 0.0877 e. The molecule has 0 radical (unpaired) electrons. The molecule has 94 valence electrons. The van der Waals surface area contributed by atoms with Gasteiger partial charge in [-0.1, -0.05) is 11.6 Å². The Morgan fingerprint density at radius 2 is 2.39 bits per heavy atom. The lowest BCUT2D eigenvalue weighted by atomic mass is 10.2. The highest BCUT2D eigenvalue weighted by molar-refractivity contribution is 7.99. The van der Waals surface area contributed by atoms with Crippen LogP contribution in [0, 0.1) is 0 Å². The minimum atomic E-state index is 0.530. The normalized spacial score (nSPS) is 19.1. The Morgan fingerprint density at radius 3 is 3.11 bits per heavy atom. The van der Waals surface area contributed by atoms with Crippen LogP contribution in [0.4, 0.5) is 5.69 Å². The first-order chi connectivity index (χ1) is 8.83. The number of hydrogen-bond acceptors (Lipinski definition) is 3. The lowest BCUT2D eigenvalue weighted by Gasteiger charge is -2.17. The molecule has 1 aliphatic heterocycles. The molecule has 3 nitrogen and oxygen atoms in total. The predicted octanol–water partition coefficient (Wildman–Crippen LogP) is 3.44. The molecule has 0 aliphatic carbocycles. The molecule has 18 heavy (non-hydrogen) atoms. The maximum atomic E-state index is 6.09. The van der Waals surface area contributed by atoms with Crippen LogP contribution in [0.2, 0.25) is 5.02 Å². The third-order valence-corrected chi connectivity index (χ3v) is 4.40. The first-order valence-electron chi connectivity index (χ1n) is 5.97. The van der Waals surface area contributed by atoms with Crippen LogP contribution >= 0.6 is 23.4 Å². The molecule has 1 aliphatic rings. The zero-order valence-electron chi connectivity index (χ0n) is 9.84. The van der Waals surface area contributed by atoms with Crippen molar-refractivity contribution in [1.82, 2.24) is 9.78 Å². The highest BCUT2D eigenvalue weighted by Gasteiger charge is 2.17. The van der Waals surface area contributed by atoms with E-state index in [0.717, 1.165) is 22.2 Å². The first-order valence-corrected chi connectivity index (χ1v) is 7.50. The molecule has 3 rings (SSSR count). The fourth-order valence-corrected chi connectivity index (χ4v) is 3.43. The quantitative estimate of drug-likeness (QED) is 0.933. The fourth-order valence-electron chi connectivity index (χ4n) is 2.10. The molecule has 0 saturated carbocycles. The number of hydrogen-bond donors (Lipinski definition) is 1. The van der Waals surface area contributed by atoms with E-state index in [4.69, 9.17) is 11.6 Å². The van der Waals surface area contributed by atoms with E-state index in [1.54, 1.807) is 6.20 Å². The zero-order chi connectivity index (χ0) is 12.4. The minimum absolute atomic E-state index is 0.530. The Balaban J connectivity index is 1.93. The van der Waals surface area contributed by atoms with Crippen molar-refractivity contribution in [2.45, 2.75) is 12.5 Å². The zero-order valence-corrected chi connectivity index (χ0v) is 11.4. The lowest BCUT2D eigenvalue weighted by Crippen LogP contribution is -2.19. The van der Waals surface area contributed by atoms with Crippen molar-refractivity contribution in [3.63, 3.8) is 0 Å². The summed E-state index contributed by atoms with van der Waals surface area (Å²) in [4.78, 5) is 0. The average molecular weight is 280 g/mol. The van der Waals surface area contributed by atoms with E-state index >= 15 is 0 Å². The van der Waals surface area contributed by atoms with E-state index in [2.05, 4.69) is 10.4 Å². The molecule has 2 heterocycles. The molecule has 1 unspecified atom stereocenters. The molecule has 1 saturated heterocycles. The fraction of sp³-hybridized carbons (Fsp3) is 0.308. The second kappa shape index (κ2) is 5.24. The van der Waals surface area contributed by atoms with Crippen molar-refractivity contribution in [3.8, 4) is 5.69 Å². The summed E-state index contributed by atoms with van der Waals surface area (Å²) >= 11 is 8.08. The molecule has 1 N–H and O–H groups in total. The first kappa shape index (κ1) is 11.9. The Kier molecular flexibility index (Phi) is 3.48. The van der Waals surface area contributed by atoms with E-state index < -0.39 is 0 Å². The molecular weight excluding hydrogens is 266 g/mol. The molecule has 1 aromatic heterocycles. The molecule has 1 aromatic carbocycles. The van der Waals surface area contributed by atoms with Crippen molar-refractivity contribution in [1.29, 1.82) is 0 Å². The van der Waals surface area contributed by atoms with E-state index in [0.29, 0.717) is 6.04 Å². The summed E-state index contributed by atoms with van der Waals surface area (Å²) in [6.45, 7) is 0. The third kappa shape index (κ3) is 2.49. The van der Waals surface area contributed by atoms with Crippen molar-refractivity contribution in [3.05, 3.63) is 41.7 Å². The van der Waals surface area contributed by atoms with E-state index in [-0.39, 0.29) is 0 Å². The standard InChI is InChI=1S/C13H14ClN3S/c14-10-2-3-13(17-6-1-5-15-17)12(8-10)16-11-4-7-18-9-11/h1-3,5-6,8,11,16H,4,7,9H2. The number of aromatic nitrogens is 2. The number of benzene rings is 1. The number of anilines is 1. The third-order valence-electron chi connectivity index (χ3n) is 3.00. The second-order valence-corrected chi connectivity index (χ2v) is 5.90. The van der Waals surface area contributed by atoms with Gasteiger partial charge in [0, 0.05) is 29.2 Å². The Bertz CT molecular complexity index is 521. The van der Waals surface area contributed by atoms with E-state index in [1.165, 1.54) is 12.2 Å². The summed E-state index contributed by atoms with van der Waals surface area (Å²) in [5.74, 6) is 2.39. The molecule has 1 fully saturated rings. The van der Waals surface area contributed by atoms with E-state index in [9.17, 15) is 0 Å². The number of rotatable bonds is 3. The predicted molar refractivity (Wildman–Crippen MR) is 77.9 cm³/mol. The van der Waals surface area contributed by atoms with Gasteiger partial charge < -0.3 is 5.32 Å². The summed E-state index contributed by atoms with van der Waals surface area (Å²) in [6, 6.07) is 8.32. The van der Waals surface area contributed by atoms with Gasteiger partial charge in [-0.05, 0) is 36.4 Å². The van der Waals surface area contributed by atoms with Gasteiger partial charge >= 0.3 is 0 Å². The van der Waals surface area contributed by atoms with Crippen LogP contribution in [0.15, 0.2) is 36.7 Å². The molecule has 0 spiro atoms. The van der Waals surface area contributed by atoms with Crippen molar-refractivity contribution in [2.24, 2.45) is 0 Å². The maximum Gasteiger partial charge on any atom is 0.0877 e. The van der Waals surface area contributed by atoms with E-state index in [1.807, 2.05) is 46.9 Å². The van der Waals surface area contributed by atoms with Crippen LogP contribution in [-0.4, -0.2) is 27.3 Å². The number of nitrogens with zero attached hydrogens (tertiary/aromatic N) is 2. The molecule has 5 heteroatoms. The van der Waals surface area contributed by atoms with Crippen LogP contribution in [0.25, 0.3) is 5.69 Å². The summed E-state index contributed by atoms with van der Waals surface area (Å²) < 4.78 is 1.86. The molecule has 2 aromatic rings. The van der Waals surface area contributed by atoms with Crippen molar-refractivity contribution in [2.75, 3.05) is 16.8 Å². The minimum Gasteiger partial charge on any atom is -0.380 e.